The molecule has 1 aromatic rings. The molecule has 5 heteroatoms. The molecule has 2 N–H and O–H groups in total. The van der Waals surface area contributed by atoms with Crippen LogP contribution in [0.1, 0.15) is 11.1 Å². The number of ether oxygens (including phenoxy) is 2. The minimum atomic E-state index is -0.305. The second-order valence-corrected chi connectivity index (χ2v) is 4.08. The first-order valence-corrected chi connectivity index (χ1v) is 5.35. The summed E-state index contributed by atoms with van der Waals surface area (Å²) >= 11 is 4.83. The van der Waals surface area contributed by atoms with Gasteiger partial charge in [0, 0.05) is 11.1 Å². The van der Waals surface area contributed by atoms with Gasteiger partial charge in [0.25, 0.3) is 0 Å². The van der Waals surface area contributed by atoms with E-state index >= 15 is 0 Å². The van der Waals surface area contributed by atoms with Crippen molar-refractivity contribution < 1.29 is 13.9 Å². The van der Waals surface area contributed by atoms with Gasteiger partial charge >= 0.3 is 0 Å². The minimum Gasteiger partial charge on any atom is -0.389 e. The summed E-state index contributed by atoms with van der Waals surface area (Å²) < 4.78 is 23.8. The van der Waals surface area contributed by atoms with E-state index in [-0.39, 0.29) is 23.5 Å². The Bertz CT molecular complexity index is 407. The smallest absolute Gasteiger partial charge is 0.128 e. The van der Waals surface area contributed by atoms with Crippen LogP contribution in [0, 0.1) is 5.82 Å². The number of hydrogen-bond acceptors (Lipinski definition) is 3. The van der Waals surface area contributed by atoms with Crippen molar-refractivity contribution in [3.63, 3.8) is 0 Å². The Morgan fingerprint density at radius 1 is 1.56 bits per heavy atom. The fraction of sp³-hybridized carbons (Fsp3) is 0.364. The van der Waals surface area contributed by atoms with Crippen LogP contribution in [-0.2, 0) is 16.1 Å². The van der Waals surface area contributed by atoms with Gasteiger partial charge in [-0.05, 0) is 18.2 Å². The van der Waals surface area contributed by atoms with Crippen LogP contribution in [0.15, 0.2) is 18.2 Å². The van der Waals surface area contributed by atoms with Gasteiger partial charge in [-0.3, -0.25) is 0 Å². The molecule has 1 fully saturated rings. The van der Waals surface area contributed by atoms with Gasteiger partial charge in [-0.25, -0.2) is 4.39 Å². The molecule has 0 aromatic heterocycles. The maximum atomic E-state index is 13.4. The monoisotopic (exact) mass is 241 g/mol. The number of nitrogens with two attached hydrogens (primary N) is 1. The maximum Gasteiger partial charge on any atom is 0.128 e. The van der Waals surface area contributed by atoms with E-state index in [4.69, 9.17) is 27.4 Å². The molecule has 0 spiro atoms. The third-order valence-electron chi connectivity index (χ3n) is 2.41. The molecule has 0 radical (unpaired) electrons. The molecule has 1 heterocycles. The molecule has 1 aliphatic rings. The number of thiocarbonyl (C=S) groups is 1. The van der Waals surface area contributed by atoms with Crippen LogP contribution in [0.2, 0.25) is 0 Å². The van der Waals surface area contributed by atoms with Crippen molar-refractivity contribution in [2.24, 2.45) is 5.73 Å². The van der Waals surface area contributed by atoms with Crippen molar-refractivity contribution >= 4 is 17.2 Å². The Labute approximate surface area is 98.3 Å². The zero-order chi connectivity index (χ0) is 11.5. The summed E-state index contributed by atoms with van der Waals surface area (Å²) in [6.45, 7) is 1.38. The van der Waals surface area contributed by atoms with E-state index in [2.05, 4.69) is 0 Å². The molecule has 0 saturated carbocycles. The Balaban J connectivity index is 2.05. The van der Waals surface area contributed by atoms with Gasteiger partial charge in [-0.15, -0.1) is 0 Å². The molecule has 0 bridgehead atoms. The van der Waals surface area contributed by atoms with E-state index in [1.807, 2.05) is 0 Å². The largest absolute Gasteiger partial charge is 0.389 e. The predicted molar refractivity (Wildman–Crippen MR) is 61.7 cm³/mol. The summed E-state index contributed by atoms with van der Waals surface area (Å²) in [6, 6.07) is 4.54. The second kappa shape index (κ2) is 4.86. The third-order valence-corrected chi connectivity index (χ3v) is 2.65. The van der Waals surface area contributed by atoms with E-state index in [1.54, 1.807) is 12.1 Å². The van der Waals surface area contributed by atoms with Gasteiger partial charge < -0.3 is 15.2 Å². The lowest BCUT2D eigenvalue weighted by Crippen LogP contribution is -2.35. The normalized spacial score (nSPS) is 15.8. The van der Waals surface area contributed by atoms with Crippen LogP contribution in [0.3, 0.4) is 0 Å². The van der Waals surface area contributed by atoms with Gasteiger partial charge in [0.15, 0.2) is 0 Å². The van der Waals surface area contributed by atoms with Gasteiger partial charge in [0.05, 0.1) is 19.8 Å². The van der Waals surface area contributed by atoms with Gasteiger partial charge in [-0.2, -0.15) is 0 Å². The number of halogens is 1. The number of benzene rings is 1. The molecule has 86 valence electrons. The van der Waals surface area contributed by atoms with Gasteiger partial charge in [0.1, 0.15) is 16.9 Å². The highest BCUT2D eigenvalue weighted by Gasteiger charge is 2.19. The Morgan fingerprint density at radius 2 is 2.31 bits per heavy atom. The Kier molecular flexibility index (Phi) is 3.48. The van der Waals surface area contributed by atoms with Crippen molar-refractivity contribution in [2.75, 3.05) is 13.2 Å². The standard InChI is InChI=1S/C11H12FNO2S/c12-10-2-1-7(11(13)16)3-8(10)4-15-9-5-14-6-9/h1-3,9H,4-6H2,(H2,13,16). The van der Waals surface area contributed by atoms with E-state index in [0.717, 1.165) is 0 Å². The molecule has 1 aromatic carbocycles. The third kappa shape index (κ3) is 2.55. The zero-order valence-electron chi connectivity index (χ0n) is 8.61. The fourth-order valence-corrected chi connectivity index (χ4v) is 1.48. The molecular weight excluding hydrogens is 229 g/mol. The fourth-order valence-electron chi connectivity index (χ4n) is 1.36. The van der Waals surface area contributed by atoms with Crippen LogP contribution >= 0.6 is 12.2 Å². The van der Waals surface area contributed by atoms with Crippen molar-refractivity contribution in [2.45, 2.75) is 12.7 Å². The summed E-state index contributed by atoms with van der Waals surface area (Å²) in [5.41, 5.74) is 6.60. The van der Waals surface area contributed by atoms with Crippen LogP contribution < -0.4 is 5.73 Å². The molecule has 0 aliphatic carbocycles. The van der Waals surface area contributed by atoms with Crippen LogP contribution in [0.25, 0.3) is 0 Å². The highest BCUT2D eigenvalue weighted by Crippen LogP contribution is 2.15. The maximum absolute atomic E-state index is 13.4. The first kappa shape index (κ1) is 11.4. The van der Waals surface area contributed by atoms with Crippen LogP contribution in [-0.4, -0.2) is 24.3 Å². The van der Waals surface area contributed by atoms with E-state index in [9.17, 15) is 4.39 Å². The minimum absolute atomic E-state index is 0.0767. The van der Waals surface area contributed by atoms with E-state index in [1.165, 1.54) is 6.07 Å². The molecule has 3 nitrogen and oxygen atoms in total. The molecular formula is C11H12FNO2S. The number of hydrogen-bond donors (Lipinski definition) is 1. The molecule has 16 heavy (non-hydrogen) atoms. The Morgan fingerprint density at radius 3 is 2.88 bits per heavy atom. The van der Waals surface area contributed by atoms with Crippen molar-refractivity contribution in [1.29, 1.82) is 0 Å². The van der Waals surface area contributed by atoms with Crippen LogP contribution in [0.4, 0.5) is 4.39 Å². The highest BCUT2D eigenvalue weighted by molar-refractivity contribution is 7.80. The molecule has 2 rings (SSSR count). The highest BCUT2D eigenvalue weighted by atomic mass is 32.1. The average molecular weight is 241 g/mol. The summed E-state index contributed by atoms with van der Waals surface area (Å²) in [4.78, 5) is 0.258. The Hall–Kier alpha value is -1.04. The summed E-state index contributed by atoms with van der Waals surface area (Å²) in [6.07, 6.45) is 0.0767. The van der Waals surface area contributed by atoms with Crippen molar-refractivity contribution in [3.05, 3.63) is 35.1 Å². The topological polar surface area (TPSA) is 44.5 Å². The summed E-state index contributed by atoms with van der Waals surface area (Å²) in [7, 11) is 0. The quantitative estimate of drug-likeness (QED) is 0.809. The van der Waals surface area contributed by atoms with Crippen LogP contribution in [0.5, 0.6) is 0 Å². The molecule has 0 atom stereocenters. The molecule has 1 saturated heterocycles. The molecule has 1 aliphatic heterocycles. The number of rotatable bonds is 4. The van der Waals surface area contributed by atoms with Crippen molar-refractivity contribution in [1.82, 2.24) is 0 Å². The van der Waals surface area contributed by atoms with Gasteiger partial charge in [-0.1, -0.05) is 12.2 Å². The zero-order valence-corrected chi connectivity index (χ0v) is 9.43. The first-order valence-electron chi connectivity index (χ1n) is 4.94. The lowest BCUT2D eigenvalue weighted by Gasteiger charge is -2.26. The average Bonchev–Trinajstić information content (AvgIpc) is 2.18. The SMILES string of the molecule is NC(=S)c1ccc(F)c(COC2COC2)c1. The van der Waals surface area contributed by atoms with E-state index in [0.29, 0.717) is 24.3 Å². The van der Waals surface area contributed by atoms with E-state index < -0.39 is 0 Å². The lowest BCUT2D eigenvalue weighted by atomic mass is 10.1. The first-order chi connectivity index (χ1) is 7.66. The summed E-state index contributed by atoms with van der Waals surface area (Å²) in [5, 5.41) is 0. The predicted octanol–water partition coefficient (Wildman–Crippen LogP) is 1.38. The summed E-state index contributed by atoms with van der Waals surface area (Å²) in [5.74, 6) is -0.305. The molecule has 0 amide bonds. The molecule has 0 unspecified atom stereocenters. The second-order valence-electron chi connectivity index (χ2n) is 3.64. The van der Waals surface area contributed by atoms with Crippen molar-refractivity contribution in [3.8, 4) is 0 Å². The lowest BCUT2D eigenvalue weighted by molar-refractivity contribution is -0.135. The van der Waals surface area contributed by atoms with Gasteiger partial charge in [0.2, 0.25) is 0 Å².